The summed E-state index contributed by atoms with van der Waals surface area (Å²) in [5.41, 5.74) is 1.28. The van der Waals surface area contributed by atoms with Gasteiger partial charge in [0.25, 0.3) is 17.6 Å². The van der Waals surface area contributed by atoms with Crippen LogP contribution < -0.4 is 10.6 Å². The largest absolute Gasteiger partial charge is 0.355 e. The summed E-state index contributed by atoms with van der Waals surface area (Å²) in [6.07, 6.45) is 1.36. The second kappa shape index (κ2) is 8.39. The molecule has 126 valence electrons. The van der Waals surface area contributed by atoms with Crippen LogP contribution in [0.5, 0.6) is 0 Å². The molecule has 8 heteroatoms. The maximum atomic E-state index is 12.5. The Morgan fingerprint density at radius 3 is 2.71 bits per heavy atom. The van der Waals surface area contributed by atoms with Gasteiger partial charge in [0.15, 0.2) is 0 Å². The van der Waals surface area contributed by atoms with Crippen LogP contribution in [-0.2, 0) is 6.54 Å². The highest BCUT2D eigenvalue weighted by molar-refractivity contribution is 7.99. The molecule has 0 radical (unpaired) electrons. The van der Waals surface area contributed by atoms with Crippen LogP contribution in [0.15, 0.2) is 47.6 Å². The maximum absolute atomic E-state index is 12.5. The fourth-order valence-corrected chi connectivity index (χ4v) is 2.56. The zero-order chi connectivity index (χ0) is 17.5. The molecule has 0 fully saturated rings. The van der Waals surface area contributed by atoms with Crippen LogP contribution in [-0.4, -0.2) is 29.6 Å². The first-order chi connectivity index (χ1) is 11.5. The Morgan fingerprint density at radius 2 is 2.00 bits per heavy atom. The lowest BCUT2D eigenvalue weighted by Gasteiger charge is -2.09. The van der Waals surface area contributed by atoms with Crippen LogP contribution in [0.2, 0.25) is 0 Å². The second-order valence-corrected chi connectivity index (χ2v) is 5.68. The molecule has 1 heterocycles. The fourth-order valence-electron chi connectivity index (χ4n) is 1.99. The van der Waals surface area contributed by atoms with Crippen LogP contribution in [0.1, 0.15) is 26.3 Å². The summed E-state index contributed by atoms with van der Waals surface area (Å²) in [6.45, 7) is 0.164. The van der Waals surface area contributed by atoms with E-state index in [1.165, 1.54) is 25.4 Å². The quantitative estimate of drug-likeness (QED) is 0.785. The van der Waals surface area contributed by atoms with E-state index < -0.39 is 11.7 Å². The number of rotatable bonds is 6. The van der Waals surface area contributed by atoms with Gasteiger partial charge in [0.2, 0.25) is 0 Å². The number of thioether (sulfide) groups is 1. The van der Waals surface area contributed by atoms with E-state index in [1.807, 2.05) is 0 Å². The molecule has 5 nitrogen and oxygen atoms in total. The molecule has 1 aromatic heterocycles. The zero-order valence-corrected chi connectivity index (χ0v) is 13.6. The lowest BCUT2D eigenvalue weighted by molar-refractivity contribution is 0.0945. The average molecular weight is 351 g/mol. The van der Waals surface area contributed by atoms with E-state index in [9.17, 15) is 18.4 Å². The van der Waals surface area contributed by atoms with Crippen molar-refractivity contribution in [3.05, 3.63) is 59.3 Å². The predicted molar refractivity (Wildman–Crippen MR) is 87.1 cm³/mol. The number of nitrogens with zero attached hydrogens (tertiary/aromatic N) is 1. The molecule has 2 amide bonds. The Bertz CT molecular complexity index is 741. The number of pyridine rings is 1. The minimum atomic E-state index is -2.66. The molecule has 0 unspecified atom stereocenters. The van der Waals surface area contributed by atoms with Crippen molar-refractivity contribution in [2.45, 2.75) is 17.3 Å². The molecule has 0 saturated heterocycles. The van der Waals surface area contributed by atoms with Gasteiger partial charge in [0.05, 0.1) is 5.56 Å². The number of halogens is 2. The molecular weight excluding hydrogens is 336 g/mol. The Kier molecular flexibility index (Phi) is 6.25. The summed E-state index contributed by atoms with van der Waals surface area (Å²) in [5.74, 6) is -3.39. The fraction of sp³-hybridized carbons (Fsp3) is 0.188. The van der Waals surface area contributed by atoms with Gasteiger partial charge < -0.3 is 10.6 Å². The van der Waals surface area contributed by atoms with Gasteiger partial charge in [-0.2, -0.15) is 8.78 Å². The van der Waals surface area contributed by atoms with Crippen molar-refractivity contribution in [1.82, 2.24) is 15.6 Å². The standard InChI is InChI=1S/C16H15F2N3O2S/c1-19-13(22)11-5-2-4-10(8-11)9-21-14(23)12-6-3-7-20-15(12)24-16(17)18/h2-8,16H,9H2,1H3,(H,19,22)(H,21,23). The molecule has 2 N–H and O–H groups in total. The summed E-state index contributed by atoms with van der Waals surface area (Å²) in [7, 11) is 1.53. The molecule has 0 spiro atoms. The van der Waals surface area contributed by atoms with E-state index in [0.29, 0.717) is 5.56 Å². The van der Waals surface area contributed by atoms with Gasteiger partial charge >= 0.3 is 0 Å². The Labute approximate surface area is 141 Å². The van der Waals surface area contributed by atoms with Gasteiger partial charge in [0.1, 0.15) is 5.03 Å². The van der Waals surface area contributed by atoms with E-state index in [4.69, 9.17) is 0 Å². The normalized spacial score (nSPS) is 10.5. The maximum Gasteiger partial charge on any atom is 0.290 e. The highest BCUT2D eigenvalue weighted by Crippen LogP contribution is 2.26. The second-order valence-electron chi connectivity index (χ2n) is 4.70. The number of benzene rings is 1. The minimum Gasteiger partial charge on any atom is -0.355 e. The molecule has 0 aliphatic heterocycles. The third kappa shape index (κ3) is 4.76. The molecular formula is C16H15F2N3O2S. The predicted octanol–water partition coefficient (Wildman–Crippen LogP) is 2.69. The van der Waals surface area contributed by atoms with Crippen LogP contribution >= 0.6 is 11.8 Å². The van der Waals surface area contributed by atoms with Gasteiger partial charge in [0, 0.05) is 25.4 Å². The van der Waals surface area contributed by atoms with Crippen molar-refractivity contribution in [2.24, 2.45) is 0 Å². The molecule has 0 aliphatic rings. The van der Waals surface area contributed by atoms with E-state index >= 15 is 0 Å². The monoisotopic (exact) mass is 351 g/mol. The van der Waals surface area contributed by atoms with Gasteiger partial charge in [-0.3, -0.25) is 9.59 Å². The number of amides is 2. The summed E-state index contributed by atoms with van der Waals surface area (Å²) < 4.78 is 25.0. The Hall–Kier alpha value is -2.48. The number of aromatic nitrogens is 1. The van der Waals surface area contributed by atoms with Crippen molar-refractivity contribution < 1.29 is 18.4 Å². The van der Waals surface area contributed by atoms with Crippen molar-refractivity contribution in [3.8, 4) is 0 Å². The van der Waals surface area contributed by atoms with Gasteiger partial charge in [-0.05, 0) is 41.6 Å². The number of alkyl halides is 2. The van der Waals surface area contributed by atoms with E-state index in [2.05, 4.69) is 15.6 Å². The van der Waals surface area contributed by atoms with Crippen LogP contribution in [0, 0.1) is 0 Å². The first-order valence-corrected chi connectivity index (χ1v) is 7.88. The first-order valence-electron chi connectivity index (χ1n) is 7.00. The van der Waals surface area contributed by atoms with Crippen molar-refractivity contribution >= 4 is 23.6 Å². The first kappa shape index (κ1) is 17.9. The minimum absolute atomic E-state index is 0.0240. The molecule has 24 heavy (non-hydrogen) atoms. The zero-order valence-electron chi connectivity index (χ0n) is 12.8. The van der Waals surface area contributed by atoms with Crippen molar-refractivity contribution in [3.63, 3.8) is 0 Å². The molecule has 0 saturated carbocycles. The number of nitrogens with one attached hydrogen (secondary N) is 2. The highest BCUT2D eigenvalue weighted by atomic mass is 32.2. The smallest absolute Gasteiger partial charge is 0.290 e. The number of carbonyl (C=O) groups is 2. The molecule has 0 aliphatic carbocycles. The van der Waals surface area contributed by atoms with Crippen molar-refractivity contribution in [1.29, 1.82) is 0 Å². The SMILES string of the molecule is CNC(=O)c1cccc(CNC(=O)c2cccnc2SC(F)F)c1. The lowest BCUT2D eigenvalue weighted by Crippen LogP contribution is -2.24. The summed E-state index contributed by atoms with van der Waals surface area (Å²) >= 11 is 0.226. The van der Waals surface area contributed by atoms with Gasteiger partial charge in [-0.1, -0.05) is 12.1 Å². The molecule has 1 aromatic carbocycles. The Morgan fingerprint density at radius 1 is 1.21 bits per heavy atom. The van der Waals surface area contributed by atoms with E-state index in [-0.39, 0.29) is 34.8 Å². The van der Waals surface area contributed by atoms with Crippen LogP contribution in [0.3, 0.4) is 0 Å². The summed E-state index contributed by atoms with van der Waals surface area (Å²) in [5, 5.41) is 5.14. The van der Waals surface area contributed by atoms with E-state index in [1.54, 1.807) is 24.3 Å². The summed E-state index contributed by atoms with van der Waals surface area (Å²) in [6, 6.07) is 9.71. The van der Waals surface area contributed by atoms with Crippen LogP contribution in [0.4, 0.5) is 8.78 Å². The van der Waals surface area contributed by atoms with Gasteiger partial charge in [-0.25, -0.2) is 4.98 Å². The molecule has 0 atom stereocenters. The topological polar surface area (TPSA) is 71.1 Å². The molecule has 2 rings (SSSR count). The third-order valence-electron chi connectivity index (χ3n) is 3.09. The molecule has 2 aromatic rings. The summed E-state index contributed by atoms with van der Waals surface area (Å²) in [4.78, 5) is 27.6. The van der Waals surface area contributed by atoms with Crippen molar-refractivity contribution in [2.75, 3.05) is 7.05 Å². The lowest BCUT2D eigenvalue weighted by atomic mass is 10.1. The molecule has 0 bridgehead atoms. The third-order valence-corrected chi connectivity index (χ3v) is 3.81. The number of carbonyl (C=O) groups excluding carboxylic acids is 2. The Balaban J connectivity index is 2.07. The number of hydrogen-bond acceptors (Lipinski definition) is 4. The average Bonchev–Trinajstić information content (AvgIpc) is 2.59. The van der Waals surface area contributed by atoms with E-state index in [0.717, 1.165) is 5.56 Å². The van der Waals surface area contributed by atoms with Crippen LogP contribution in [0.25, 0.3) is 0 Å². The number of hydrogen-bond donors (Lipinski definition) is 2. The van der Waals surface area contributed by atoms with Gasteiger partial charge in [-0.15, -0.1) is 0 Å². The highest BCUT2D eigenvalue weighted by Gasteiger charge is 2.16.